The fraction of sp³-hybridized carbons (Fsp3) is 0.105. The number of nitrogens with one attached hydrogen (secondary N) is 2. The van der Waals surface area contributed by atoms with Crippen LogP contribution in [0.3, 0.4) is 0 Å². The maximum Gasteiger partial charge on any atom is 0.256 e. The van der Waals surface area contributed by atoms with Crippen LogP contribution in [0, 0.1) is 11.3 Å². The fourth-order valence-corrected chi connectivity index (χ4v) is 2.34. The predicted octanol–water partition coefficient (Wildman–Crippen LogP) is 3.33. The summed E-state index contributed by atoms with van der Waals surface area (Å²) >= 11 is 5.21. The van der Waals surface area contributed by atoms with Crippen LogP contribution in [0.2, 0.25) is 0 Å². The van der Waals surface area contributed by atoms with Crippen LogP contribution < -0.4 is 10.6 Å². The van der Waals surface area contributed by atoms with E-state index in [2.05, 4.69) is 16.7 Å². The lowest BCUT2D eigenvalue weighted by Gasteiger charge is -2.11. The van der Waals surface area contributed by atoms with Crippen molar-refractivity contribution in [3.05, 3.63) is 83.1 Å². The van der Waals surface area contributed by atoms with Crippen LogP contribution in [0.1, 0.15) is 22.8 Å². The van der Waals surface area contributed by atoms with Crippen LogP contribution >= 0.6 is 12.2 Å². The standard InChI is InChI=1S/C19H17N3OS/c1-14(21-13-15-8-4-2-5-9-15)17(12-20)19(24)22-18(23)16-10-6-3-7-11-16/h2-11,21H,13H2,1H3,(H,22,23,24)/b17-14-. The Morgan fingerprint density at radius 1 is 1.08 bits per heavy atom. The molecular weight excluding hydrogens is 318 g/mol. The molecule has 2 aromatic rings. The quantitative estimate of drug-likeness (QED) is 0.500. The molecule has 24 heavy (non-hydrogen) atoms. The van der Waals surface area contributed by atoms with E-state index in [1.54, 1.807) is 31.2 Å². The monoisotopic (exact) mass is 335 g/mol. The third-order valence-electron chi connectivity index (χ3n) is 3.38. The first kappa shape index (κ1) is 17.4. The van der Waals surface area contributed by atoms with Gasteiger partial charge in [-0.05, 0) is 24.6 Å². The Morgan fingerprint density at radius 2 is 1.67 bits per heavy atom. The molecule has 5 heteroatoms. The van der Waals surface area contributed by atoms with E-state index in [4.69, 9.17) is 12.2 Å². The first-order valence-electron chi connectivity index (χ1n) is 7.41. The van der Waals surface area contributed by atoms with E-state index >= 15 is 0 Å². The predicted molar refractivity (Wildman–Crippen MR) is 98.1 cm³/mol. The number of hydrogen-bond donors (Lipinski definition) is 2. The number of rotatable bonds is 5. The van der Waals surface area contributed by atoms with Gasteiger partial charge in [0.15, 0.2) is 0 Å². The Morgan fingerprint density at radius 3 is 2.25 bits per heavy atom. The van der Waals surface area contributed by atoms with Crippen molar-refractivity contribution in [3.8, 4) is 6.07 Å². The molecule has 0 saturated carbocycles. The minimum atomic E-state index is -0.329. The highest BCUT2D eigenvalue weighted by Crippen LogP contribution is 2.06. The molecule has 2 N–H and O–H groups in total. The molecule has 0 aliphatic carbocycles. The van der Waals surface area contributed by atoms with Crippen LogP contribution in [0.4, 0.5) is 0 Å². The molecule has 4 nitrogen and oxygen atoms in total. The van der Waals surface area contributed by atoms with Crippen molar-refractivity contribution >= 4 is 23.1 Å². The Balaban J connectivity index is 2.04. The van der Waals surface area contributed by atoms with Crippen molar-refractivity contribution in [1.29, 1.82) is 5.26 Å². The summed E-state index contributed by atoms with van der Waals surface area (Å²) < 4.78 is 0. The smallest absolute Gasteiger partial charge is 0.256 e. The highest BCUT2D eigenvalue weighted by atomic mass is 32.1. The second kappa shape index (κ2) is 8.61. The summed E-state index contributed by atoms with van der Waals surface area (Å²) in [5, 5.41) is 15.1. The number of nitrogens with zero attached hydrogens (tertiary/aromatic N) is 1. The summed E-state index contributed by atoms with van der Waals surface area (Å²) in [4.78, 5) is 12.2. The summed E-state index contributed by atoms with van der Waals surface area (Å²) in [7, 11) is 0. The van der Waals surface area contributed by atoms with Crippen molar-refractivity contribution in [2.45, 2.75) is 13.5 Å². The van der Waals surface area contributed by atoms with Gasteiger partial charge >= 0.3 is 0 Å². The molecule has 0 radical (unpaired) electrons. The van der Waals surface area contributed by atoms with Gasteiger partial charge in [-0.3, -0.25) is 4.79 Å². The van der Waals surface area contributed by atoms with Gasteiger partial charge in [0, 0.05) is 17.8 Å². The van der Waals surface area contributed by atoms with E-state index in [0.717, 1.165) is 5.56 Å². The maximum absolute atomic E-state index is 12.1. The molecule has 0 aliphatic rings. The Kier molecular flexibility index (Phi) is 6.23. The highest BCUT2D eigenvalue weighted by Gasteiger charge is 2.13. The Hall–Kier alpha value is -2.97. The molecule has 1 amide bonds. The number of amides is 1. The average molecular weight is 335 g/mol. The van der Waals surface area contributed by atoms with Crippen LogP contribution in [0.5, 0.6) is 0 Å². The number of allylic oxidation sites excluding steroid dienone is 1. The zero-order chi connectivity index (χ0) is 17.4. The van der Waals surface area contributed by atoms with E-state index in [0.29, 0.717) is 17.8 Å². The van der Waals surface area contributed by atoms with Gasteiger partial charge in [-0.15, -0.1) is 0 Å². The van der Waals surface area contributed by atoms with Gasteiger partial charge in [-0.2, -0.15) is 5.26 Å². The van der Waals surface area contributed by atoms with E-state index in [1.807, 2.05) is 36.4 Å². The number of carbonyl (C=O) groups is 1. The van der Waals surface area contributed by atoms with Crippen LogP contribution in [-0.4, -0.2) is 10.9 Å². The largest absolute Gasteiger partial charge is 0.383 e. The summed E-state index contributed by atoms with van der Waals surface area (Å²) in [6, 6.07) is 20.6. The molecule has 2 rings (SSSR count). The topological polar surface area (TPSA) is 64.9 Å². The summed E-state index contributed by atoms with van der Waals surface area (Å²) in [5.74, 6) is -0.329. The zero-order valence-corrected chi connectivity index (χ0v) is 14.1. The summed E-state index contributed by atoms with van der Waals surface area (Å²) in [5.41, 5.74) is 2.46. The second-order valence-electron chi connectivity index (χ2n) is 5.10. The molecule has 0 heterocycles. The third-order valence-corrected chi connectivity index (χ3v) is 3.68. The SMILES string of the molecule is C/C(NCc1ccccc1)=C(\C#N)C(=S)NC(=O)c1ccccc1. The van der Waals surface area contributed by atoms with Gasteiger partial charge < -0.3 is 10.6 Å². The van der Waals surface area contributed by atoms with Crippen molar-refractivity contribution in [2.75, 3.05) is 0 Å². The fourth-order valence-electron chi connectivity index (χ4n) is 2.05. The van der Waals surface area contributed by atoms with Gasteiger partial charge in [-0.25, -0.2) is 0 Å². The summed E-state index contributed by atoms with van der Waals surface area (Å²) in [6.07, 6.45) is 0. The van der Waals surface area contributed by atoms with Gasteiger partial charge in [0.2, 0.25) is 0 Å². The molecule has 120 valence electrons. The molecule has 0 saturated heterocycles. The van der Waals surface area contributed by atoms with Crippen LogP contribution in [0.25, 0.3) is 0 Å². The van der Waals surface area contributed by atoms with Gasteiger partial charge in [0.25, 0.3) is 5.91 Å². The minimum Gasteiger partial charge on any atom is -0.383 e. The van der Waals surface area contributed by atoms with Crippen molar-refractivity contribution in [1.82, 2.24) is 10.6 Å². The lowest BCUT2D eigenvalue weighted by molar-refractivity contribution is 0.0978. The van der Waals surface area contributed by atoms with Crippen molar-refractivity contribution in [2.24, 2.45) is 0 Å². The highest BCUT2D eigenvalue weighted by molar-refractivity contribution is 7.80. The number of carbonyl (C=O) groups excluding carboxylic acids is 1. The van der Waals surface area contributed by atoms with Crippen molar-refractivity contribution < 1.29 is 4.79 Å². The van der Waals surface area contributed by atoms with Crippen LogP contribution in [-0.2, 0) is 6.54 Å². The molecular formula is C19H17N3OS. The first-order valence-corrected chi connectivity index (χ1v) is 7.82. The van der Waals surface area contributed by atoms with E-state index in [9.17, 15) is 10.1 Å². The van der Waals surface area contributed by atoms with E-state index < -0.39 is 0 Å². The second-order valence-corrected chi connectivity index (χ2v) is 5.51. The Labute approximate surface area is 146 Å². The van der Waals surface area contributed by atoms with Gasteiger partial charge in [0.1, 0.15) is 16.6 Å². The molecule has 0 spiro atoms. The zero-order valence-electron chi connectivity index (χ0n) is 13.2. The molecule has 0 bridgehead atoms. The lowest BCUT2D eigenvalue weighted by atomic mass is 10.2. The lowest BCUT2D eigenvalue weighted by Crippen LogP contribution is -2.31. The van der Waals surface area contributed by atoms with E-state index in [1.165, 1.54) is 0 Å². The number of thiocarbonyl (C=S) groups is 1. The third kappa shape index (κ3) is 4.77. The van der Waals surface area contributed by atoms with Gasteiger partial charge in [0.05, 0.1) is 0 Å². The minimum absolute atomic E-state index is 0.115. The van der Waals surface area contributed by atoms with Crippen LogP contribution in [0.15, 0.2) is 71.9 Å². The summed E-state index contributed by atoms with van der Waals surface area (Å²) in [6.45, 7) is 2.34. The molecule has 0 fully saturated rings. The Bertz CT molecular complexity index is 792. The molecule has 0 aromatic heterocycles. The number of benzene rings is 2. The first-order chi connectivity index (χ1) is 11.6. The molecule has 0 aliphatic heterocycles. The average Bonchev–Trinajstić information content (AvgIpc) is 2.62. The maximum atomic E-state index is 12.1. The molecule has 0 atom stereocenters. The normalized spacial score (nSPS) is 11.0. The number of hydrogen-bond acceptors (Lipinski definition) is 4. The molecule has 2 aromatic carbocycles. The molecule has 0 unspecified atom stereocenters. The van der Waals surface area contributed by atoms with E-state index in [-0.39, 0.29) is 16.5 Å². The number of nitriles is 1. The van der Waals surface area contributed by atoms with Gasteiger partial charge in [-0.1, -0.05) is 60.7 Å². The van der Waals surface area contributed by atoms with Crippen molar-refractivity contribution in [3.63, 3.8) is 0 Å².